The fraction of sp³-hybridized carbons (Fsp3) is 0.0909. The minimum atomic E-state index is -0.537. The first-order valence-corrected chi connectivity index (χ1v) is 9.59. The summed E-state index contributed by atoms with van der Waals surface area (Å²) in [6.45, 7) is 0.289. The van der Waals surface area contributed by atoms with Crippen LogP contribution in [-0.4, -0.2) is 24.3 Å². The first-order valence-electron chi connectivity index (χ1n) is 8.84. The van der Waals surface area contributed by atoms with Crippen LogP contribution >= 0.6 is 23.2 Å². The van der Waals surface area contributed by atoms with Crippen molar-refractivity contribution in [1.29, 1.82) is 0 Å². The largest absolute Gasteiger partial charge is 0.507 e. The SMILES string of the molecule is COc1cc(/C=N\NC(=O)c2ccccc2O)cc(Cl)c1OCc1ccc(Cl)cc1. The number of halogens is 2. The van der Waals surface area contributed by atoms with Gasteiger partial charge in [0.2, 0.25) is 0 Å². The molecule has 0 unspecified atom stereocenters. The lowest BCUT2D eigenvalue weighted by Gasteiger charge is -2.13. The Balaban J connectivity index is 1.70. The minimum Gasteiger partial charge on any atom is -0.507 e. The van der Waals surface area contributed by atoms with E-state index in [0.717, 1.165) is 5.56 Å². The average molecular weight is 445 g/mol. The van der Waals surface area contributed by atoms with E-state index in [0.29, 0.717) is 27.1 Å². The number of hydrogen-bond acceptors (Lipinski definition) is 5. The molecule has 3 aromatic carbocycles. The Morgan fingerprint density at radius 2 is 1.87 bits per heavy atom. The number of hydrogen-bond donors (Lipinski definition) is 2. The van der Waals surface area contributed by atoms with Crippen LogP contribution in [0.25, 0.3) is 0 Å². The second-order valence-corrected chi connectivity index (χ2v) is 7.01. The molecular formula is C22H18Cl2N2O4. The summed E-state index contributed by atoms with van der Waals surface area (Å²) in [7, 11) is 1.50. The van der Waals surface area contributed by atoms with Gasteiger partial charge in [0.1, 0.15) is 12.4 Å². The van der Waals surface area contributed by atoms with Crippen molar-refractivity contribution >= 4 is 35.3 Å². The van der Waals surface area contributed by atoms with Crippen LogP contribution in [0.3, 0.4) is 0 Å². The predicted octanol–water partition coefficient (Wildman–Crippen LogP) is 5.05. The number of carbonyl (C=O) groups excluding carboxylic acids is 1. The van der Waals surface area contributed by atoms with Gasteiger partial charge in [0.15, 0.2) is 11.5 Å². The molecule has 1 amide bonds. The van der Waals surface area contributed by atoms with Crippen LogP contribution in [0, 0.1) is 0 Å². The van der Waals surface area contributed by atoms with Gasteiger partial charge in [-0.25, -0.2) is 5.43 Å². The number of amides is 1. The van der Waals surface area contributed by atoms with Gasteiger partial charge in [-0.2, -0.15) is 5.10 Å². The molecule has 0 atom stereocenters. The van der Waals surface area contributed by atoms with Gasteiger partial charge in [-0.15, -0.1) is 0 Å². The number of phenols is 1. The maximum Gasteiger partial charge on any atom is 0.275 e. The van der Waals surface area contributed by atoms with Gasteiger partial charge in [0, 0.05) is 5.02 Å². The lowest BCUT2D eigenvalue weighted by atomic mass is 10.2. The number of aromatic hydroxyl groups is 1. The van der Waals surface area contributed by atoms with Crippen LogP contribution < -0.4 is 14.9 Å². The Kier molecular flexibility index (Phi) is 7.17. The predicted molar refractivity (Wildman–Crippen MR) is 117 cm³/mol. The molecule has 2 N–H and O–H groups in total. The Morgan fingerprint density at radius 3 is 2.57 bits per heavy atom. The van der Waals surface area contributed by atoms with Gasteiger partial charge in [-0.1, -0.05) is 47.5 Å². The number of benzene rings is 3. The average Bonchev–Trinajstić information content (AvgIpc) is 2.74. The number of ether oxygens (including phenoxy) is 2. The molecule has 0 bridgehead atoms. The van der Waals surface area contributed by atoms with Crippen molar-refractivity contribution in [2.24, 2.45) is 5.10 Å². The molecule has 0 aromatic heterocycles. The lowest BCUT2D eigenvalue weighted by Crippen LogP contribution is -2.17. The van der Waals surface area contributed by atoms with Crippen molar-refractivity contribution in [3.8, 4) is 17.2 Å². The van der Waals surface area contributed by atoms with Crippen molar-refractivity contribution in [2.75, 3.05) is 7.11 Å². The summed E-state index contributed by atoms with van der Waals surface area (Å²) in [6.07, 6.45) is 1.41. The van der Waals surface area contributed by atoms with Crippen molar-refractivity contribution < 1.29 is 19.4 Å². The van der Waals surface area contributed by atoms with E-state index in [1.54, 1.807) is 36.4 Å². The number of hydrazone groups is 1. The van der Waals surface area contributed by atoms with Crippen molar-refractivity contribution in [2.45, 2.75) is 6.61 Å². The number of phenolic OH excluding ortho intramolecular Hbond substituents is 1. The molecule has 0 saturated carbocycles. The van der Waals surface area contributed by atoms with Crippen molar-refractivity contribution in [3.05, 3.63) is 87.4 Å². The molecule has 0 spiro atoms. The normalized spacial score (nSPS) is 10.8. The summed E-state index contributed by atoms with van der Waals surface area (Å²) in [4.78, 5) is 12.1. The molecule has 0 radical (unpaired) electrons. The van der Waals surface area contributed by atoms with Gasteiger partial charge in [-0.05, 0) is 47.5 Å². The zero-order valence-electron chi connectivity index (χ0n) is 15.9. The van der Waals surface area contributed by atoms with Gasteiger partial charge in [0.25, 0.3) is 5.91 Å². The summed E-state index contributed by atoms with van der Waals surface area (Å²) in [5.74, 6) is 0.150. The molecule has 3 aromatic rings. The molecule has 3 rings (SSSR count). The molecule has 8 heteroatoms. The number of methoxy groups -OCH3 is 1. The number of nitrogens with zero attached hydrogens (tertiary/aromatic N) is 1. The second-order valence-electron chi connectivity index (χ2n) is 6.17. The molecule has 0 heterocycles. The molecule has 0 aliphatic heterocycles. The molecule has 154 valence electrons. The smallest absolute Gasteiger partial charge is 0.275 e. The molecule has 30 heavy (non-hydrogen) atoms. The van der Waals surface area contributed by atoms with E-state index < -0.39 is 5.91 Å². The second kappa shape index (κ2) is 10.0. The molecule has 0 aliphatic carbocycles. The molecular weight excluding hydrogens is 427 g/mol. The van der Waals surface area contributed by atoms with Gasteiger partial charge in [-0.3, -0.25) is 4.79 Å². The standard InChI is InChI=1S/C22H18Cl2N2O4/c1-29-20-11-15(12-25-26-22(28)17-4-2-3-5-19(17)27)10-18(24)21(20)30-13-14-6-8-16(23)9-7-14/h2-12,27H,13H2,1H3,(H,26,28)/b25-12-. The zero-order valence-corrected chi connectivity index (χ0v) is 17.4. The first-order chi connectivity index (χ1) is 14.5. The fourth-order valence-corrected chi connectivity index (χ4v) is 2.98. The van der Waals surface area contributed by atoms with Crippen LogP contribution in [0.5, 0.6) is 17.2 Å². The fourth-order valence-electron chi connectivity index (χ4n) is 2.58. The number of carbonyl (C=O) groups is 1. The van der Waals surface area contributed by atoms with Crippen molar-refractivity contribution in [3.63, 3.8) is 0 Å². The third-order valence-electron chi connectivity index (χ3n) is 4.08. The quantitative estimate of drug-likeness (QED) is 0.394. The van der Waals surface area contributed by atoms with Crippen LogP contribution in [-0.2, 0) is 6.61 Å². The molecule has 0 saturated heterocycles. The summed E-state index contributed by atoms with van der Waals surface area (Å²) in [5, 5.41) is 14.6. The molecule has 0 aliphatic rings. The van der Waals surface area contributed by atoms with Gasteiger partial charge < -0.3 is 14.6 Å². The molecule has 0 fully saturated rings. The molecule has 6 nitrogen and oxygen atoms in total. The highest BCUT2D eigenvalue weighted by molar-refractivity contribution is 6.32. The Labute approximate surface area is 183 Å². The Morgan fingerprint density at radius 1 is 1.13 bits per heavy atom. The highest BCUT2D eigenvalue weighted by Gasteiger charge is 2.13. The number of rotatable bonds is 7. The Bertz CT molecular complexity index is 1070. The third-order valence-corrected chi connectivity index (χ3v) is 4.61. The topological polar surface area (TPSA) is 80.2 Å². The summed E-state index contributed by atoms with van der Waals surface area (Å²) in [6, 6.07) is 16.8. The summed E-state index contributed by atoms with van der Waals surface area (Å²) < 4.78 is 11.2. The van der Waals surface area contributed by atoms with E-state index in [-0.39, 0.29) is 17.9 Å². The lowest BCUT2D eigenvalue weighted by molar-refractivity contribution is 0.0952. The van der Waals surface area contributed by atoms with E-state index in [2.05, 4.69) is 10.5 Å². The van der Waals surface area contributed by atoms with E-state index in [1.165, 1.54) is 25.5 Å². The summed E-state index contributed by atoms with van der Waals surface area (Å²) >= 11 is 12.2. The summed E-state index contributed by atoms with van der Waals surface area (Å²) in [5.41, 5.74) is 3.99. The van der Waals surface area contributed by atoms with Gasteiger partial charge >= 0.3 is 0 Å². The first kappa shape index (κ1) is 21.5. The van der Waals surface area contributed by atoms with Crippen LogP contribution in [0.15, 0.2) is 65.8 Å². The van der Waals surface area contributed by atoms with E-state index in [1.807, 2.05) is 12.1 Å². The highest BCUT2D eigenvalue weighted by Crippen LogP contribution is 2.36. The van der Waals surface area contributed by atoms with Crippen LogP contribution in [0.4, 0.5) is 0 Å². The maximum atomic E-state index is 12.1. The van der Waals surface area contributed by atoms with E-state index in [9.17, 15) is 9.90 Å². The third kappa shape index (κ3) is 5.43. The number of nitrogens with one attached hydrogen (secondary N) is 1. The van der Waals surface area contributed by atoms with E-state index in [4.69, 9.17) is 32.7 Å². The minimum absolute atomic E-state index is 0.121. The van der Waals surface area contributed by atoms with Crippen LogP contribution in [0.2, 0.25) is 10.0 Å². The highest BCUT2D eigenvalue weighted by atomic mass is 35.5. The van der Waals surface area contributed by atoms with E-state index >= 15 is 0 Å². The zero-order chi connectivity index (χ0) is 21.5. The maximum absolute atomic E-state index is 12.1. The van der Waals surface area contributed by atoms with Crippen molar-refractivity contribution in [1.82, 2.24) is 5.43 Å². The van der Waals surface area contributed by atoms with Crippen LogP contribution in [0.1, 0.15) is 21.5 Å². The monoisotopic (exact) mass is 444 g/mol. The number of para-hydroxylation sites is 1. The van der Waals surface area contributed by atoms with Gasteiger partial charge in [0.05, 0.1) is 23.9 Å². The Hall–Kier alpha value is -3.22.